The largest absolute Gasteiger partial charge is 0.435 e. The van der Waals surface area contributed by atoms with Gasteiger partial charge in [0.1, 0.15) is 0 Å². The third-order valence-electron chi connectivity index (χ3n) is 16.5. The molecule has 0 amide bonds. The summed E-state index contributed by atoms with van der Waals surface area (Å²) in [5, 5.41) is 70.4. The van der Waals surface area contributed by atoms with Crippen LogP contribution in [0.25, 0.3) is 0 Å². The molecule has 0 aliphatic rings. The summed E-state index contributed by atoms with van der Waals surface area (Å²) in [6, 6.07) is 14.2. The molecule has 2 rings (SSSR count). The van der Waals surface area contributed by atoms with Gasteiger partial charge in [0.15, 0.2) is 0 Å². The lowest BCUT2D eigenvalue weighted by Crippen LogP contribution is -2.71. The maximum atomic E-state index is 13.6. The lowest BCUT2D eigenvalue weighted by molar-refractivity contribution is -0.477. The zero-order valence-electron chi connectivity index (χ0n) is 60.8. The van der Waals surface area contributed by atoms with Gasteiger partial charge in [-0.1, -0.05) is 60.7 Å². The topological polar surface area (TPSA) is 236 Å². The van der Waals surface area contributed by atoms with Gasteiger partial charge in [-0.05, 0) is 11.1 Å². The lowest BCUT2D eigenvalue weighted by Gasteiger charge is -2.45. The van der Waals surface area contributed by atoms with Crippen molar-refractivity contribution in [1.29, 1.82) is 0 Å². The summed E-state index contributed by atoms with van der Waals surface area (Å²) >= 11 is 0. The minimum absolute atomic E-state index is 0.130. The highest BCUT2D eigenvalue weighted by molar-refractivity contribution is 5.16. The Morgan fingerprint density at radius 2 is 0.281 bits per heavy atom. The van der Waals surface area contributed by atoms with Crippen LogP contribution in [-0.4, -0.2) is 291 Å². The summed E-state index contributed by atoms with van der Waals surface area (Å²) < 4.78 is 746. The van der Waals surface area contributed by atoms with Crippen LogP contribution in [0.1, 0.15) is 11.1 Å². The molecular formula is C58H54F54O16. The Morgan fingerprint density at radius 1 is 0.156 bits per heavy atom. The molecule has 128 heavy (non-hydrogen) atoms. The Kier molecular flexibility index (Phi) is 40.6. The number of ether oxygens (including phenoxy) is 8. The van der Waals surface area contributed by atoms with E-state index in [-0.39, 0.29) is 26.4 Å². The average Bonchev–Trinajstić information content (AvgIpc) is 0.727. The van der Waals surface area contributed by atoms with Crippen molar-refractivity contribution in [2.45, 2.75) is 158 Å². The maximum Gasteiger partial charge on any atom is 0.435 e. The van der Waals surface area contributed by atoms with E-state index in [1.165, 1.54) is 0 Å². The number of benzene rings is 2. The molecule has 16 nitrogen and oxygen atoms in total. The second-order valence-electron chi connectivity index (χ2n) is 26.0. The fourth-order valence-corrected chi connectivity index (χ4v) is 8.95. The van der Waals surface area contributed by atoms with Gasteiger partial charge in [0.05, 0.1) is 141 Å². The van der Waals surface area contributed by atoms with Gasteiger partial charge in [0, 0.05) is 0 Å². The molecule has 70 heteroatoms. The third-order valence-corrected chi connectivity index (χ3v) is 16.5. The van der Waals surface area contributed by atoms with Crippen molar-refractivity contribution < 1.29 is 316 Å². The van der Waals surface area contributed by atoms with E-state index in [1.807, 2.05) is 30.3 Å². The lowest BCUT2D eigenvalue weighted by atomic mass is 9.89. The average molecular weight is 2030 g/mol. The monoisotopic (exact) mass is 2030 g/mol. The number of aliphatic hydroxyl groups is 8. The first-order chi connectivity index (χ1) is 56.4. The van der Waals surface area contributed by atoms with Crippen LogP contribution < -0.4 is 0 Å². The van der Waals surface area contributed by atoms with Gasteiger partial charge in [0.2, 0.25) is 0 Å². The predicted molar refractivity (Wildman–Crippen MR) is 300 cm³/mol. The zero-order valence-corrected chi connectivity index (χ0v) is 60.8. The first-order valence-corrected chi connectivity index (χ1v) is 31.5. The molecule has 8 N–H and O–H groups in total. The van der Waals surface area contributed by atoms with E-state index in [1.54, 1.807) is 0 Å². The van der Waals surface area contributed by atoms with Crippen molar-refractivity contribution in [1.82, 2.24) is 0 Å². The number of alkyl halides is 54. The highest BCUT2D eigenvalue weighted by Crippen LogP contribution is 2.63. The van der Waals surface area contributed by atoms with Crippen LogP contribution in [0, 0.1) is 21.7 Å². The highest BCUT2D eigenvalue weighted by atomic mass is 19.5. The normalized spacial score (nSPS) is 15.3. The Morgan fingerprint density at radius 3 is 0.398 bits per heavy atom. The minimum Gasteiger partial charge on any atom is -0.396 e. The van der Waals surface area contributed by atoms with Crippen molar-refractivity contribution in [3.8, 4) is 0 Å². The summed E-state index contributed by atoms with van der Waals surface area (Å²) in [7, 11) is 0. The van der Waals surface area contributed by atoms with E-state index in [9.17, 15) is 242 Å². The van der Waals surface area contributed by atoms with Gasteiger partial charge < -0.3 is 78.7 Å². The first kappa shape index (κ1) is 124. The van der Waals surface area contributed by atoms with Crippen LogP contribution in [0.15, 0.2) is 60.7 Å². The van der Waals surface area contributed by atoms with E-state index >= 15 is 0 Å². The Bertz CT molecular complexity index is 3060. The van der Waals surface area contributed by atoms with E-state index in [0.29, 0.717) is 6.61 Å². The minimum atomic E-state index is -8.03. The molecule has 0 aliphatic carbocycles. The van der Waals surface area contributed by atoms with Gasteiger partial charge >= 0.3 is 145 Å². The van der Waals surface area contributed by atoms with E-state index in [2.05, 4.69) is 33.2 Å². The number of rotatable bonds is 34. The van der Waals surface area contributed by atoms with E-state index in [0.717, 1.165) is 35.9 Å². The second kappa shape index (κ2) is 41.9. The molecule has 0 saturated carbocycles. The van der Waals surface area contributed by atoms with Gasteiger partial charge in [-0.15, -0.1) is 0 Å². The summed E-state index contributed by atoms with van der Waals surface area (Å²) in [6.45, 7) is -33.8. The molecule has 0 fully saturated rings. The van der Waals surface area contributed by atoms with Crippen molar-refractivity contribution in [2.24, 2.45) is 21.7 Å². The molecule has 760 valence electrons. The first-order valence-electron chi connectivity index (χ1n) is 31.5. The Hall–Kier alpha value is -5.98. The molecule has 0 aromatic heterocycles. The van der Waals surface area contributed by atoms with Crippen molar-refractivity contribution in [3.05, 3.63) is 71.8 Å². The van der Waals surface area contributed by atoms with Crippen LogP contribution in [0.5, 0.6) is 0 Å². The zero-order chi connectivity index (χ0) is 103. The molecule has 0 atom stereocenters. The number of hydrogen-bond donors (Lipinski definition) is 8. The highest BCUT2D eigenvalue weighted by Gasteiger charge is 2.92. The SMILES string of the molecule is FC(F)(F)C(OCC(COCc1ccccc1)(COC(C(F)(F)F)(C(F)(F)F)C(F)(F)F)COC(C(F)(F)F)(C(F)(F)F)C(F)(F)F)(C(F)(F)F)C(F)(F)F.OCC(CO)(CO)CO.OCC(CO)(CO)COCc1ccccc1.OCC(COC(C(F)(F)F)(C(F)(F)F)C(F)(F)F)(COC(C(F)(F)F)(C(F)(F)F)C(F)(F)F)COC(C(F)(F)F)(C(F)(F)F)C(F)(F)F. The van der Waals surface area contributed by atoms with Gasteiger partial charge in [-0.2, -0.15) is 237 Å². The van der Waals surface area contributed by atoms with Crippen molar-refractivity contribution in [2.75, 3.05) is 106 Å². The Balaban J connectivity index is 0. The molecule has 0 spiro atoms. The maximum absolute atomic E-state index is 13.6. The molecule has 0 aliphatic heterocycles. The predicted octanol–water partition coefficient (Wildman–Crippen LogP) is 16.9. The summed E-state index contributed by atoms with van der Waals surface area (Å²) in [4.78, 5) is 0. The van der Waals surface area contributed by atoms with E-state index in [4.69, 9.17) is 40.5 Å². The Labute approximate surface area is 672 Å². The van der Waals surface area contributed by atoms with Crippen molar-refractivity contribution >= 4 is 0 Å². The number of aliphatic hydroxyl groups excluding tert-OH is 8. The van der Waals surface area contributed by atoms with Crippen LogP contribution in [-0.2, 0) is 51.1 Å². The third kappa shape index (κ3) is 26.8. The summed E-state index contributed by atoms with van der Waals surface area (Å²) in [5.41, 5.74) is -59.2. The summed E-state index contributed by atoms with van der Waals surface area (Å²) in [6.07, 6.45) is -145. The van der Waals surface area contributed by atoms with Gasteiger partial charge in [-0.25, -0.2) is 0 Å². The quantitative estimate of drug-likeness (QED) is 0.0304. The summed E-state index contributed by atoms with van der Waals surface area (Å²) in [5.74, 6) is 0. The van der Waals surface area contributed by atoms with Crippen molar-refractivity contribution in [3.63, 3.8) is 0 Å². The molecule has 0 heterocycles. The number of hydrogen-bond acceptors (Lipinski definition) is 16. The van der Waals surface area contributed by atoms with E-state index < -0.39 is 258 Å². The smallest absolute Gasteiger partial charge is 0.396 e. The van der Waals surface area contributed by atoms with Gasteiger partial charge in [0.25, 0.3) is 0 Å². The second-order valence-corrected chi connectivity index (χ2v) is 26.0. The fraction of sp³-hybridized carbons (Fsp3) is 0.793. The molecule has 0 saturated heterocycles. The fourth-order valence-electron chi connectivity index (χ4n) is 8.95. The molecule has 2 aromatic carbocycles. The number of halogens is 54. The van der Waals surface area contributed by atoms with Gasteiger partial charge in [-0.3, -0.25) is 0 Å². The van der Waals surface area contributed by atoms with Crippen LogP contribution in [0.3, 0.4) is 0 Å². The van der Waals surface area contributed by atoms with Crippen LogP contribution in [0.4, 0.5) is 237 Å². The molecule has 0 radical (unpaired) electrons. The molecule has 0 unspecified atom stereocenters. The molecule has 0 bridgehead atoms. The standard InChI is InChI=1S/C24H15F27O4.C17H9F27O4.C12H18O4.C5H12O4/c25-16(26,27)13(17(28,29)30,18(31,32)33)53-8-12(7-52-6-11-4-2-1-3-5-11,9-54-14(19(34,35)36,20(37,38)39)21(40,41)42)10-55-15(22(43,44)45,23(46,47)48)24(49,50)51;18-9(19,20)6(10(21,22)23,11(24,25)26)46-2-5(1-45,3-47-7(12(27,28)29,13(30,31)32)14(33,34)35)4-48-8(15(36,37)38,16(39,40)41)17(42,43)44;13-7-12(8-14,9-15)10-16-6-11-4-2-1-3-5-11;6-1-5(2-7,3-8)4-9/h1-5H,6-10H2;45H,1-4H2;1-5,13-15H,6-10H2;6-9H,1-4H2. The van der Waals surface area contributed by atoms with Crippen LogP contribution in [0.2, 0.25) is 0 Å². The molecule has 2 aromatic rings. The molecular weight excluding hydrogens is 1980 g/mol. The van der Waals surface area contributed by atoms with Crippen LogP contribution >= 0.6 is 0 Å².